The number of anilines is 1. The Labute approximate surface area is 259 Å². The van der Waals surface area contributed by atoms with Crippen molar-refractivity contribution in [3.63, 3.8) is 0 Å². The Balaban J connectivity index is 1.79. The van der Waals surface area contributed by atoms with E-state index in [-0.39, 0.29) is 35.5 Å². The zero-order valence-electron chi connectivity index (χ0n) is 25.2. The third kappa shape index (κ3) is 8.32. The van der Waals surface area contributed by atoms with E-state index in [1.54, 1.807) is 24.3 Å². The SMILES string of the molecule is CC[C@H](C)NC(=O)[C@H](Cc1ccccc1)N(Cc1ccccc1)C(=O)CN(c1ccc(C)cc1)S(=O)(=O)c1ccc(F)cc1. The summed E-state index contributed by atoms with van der Waals surface area (Å²) in [5.74, 6) is -1.46. The Hall–Kier alpha value is -4.50. The quantitative estimate of drug-likeness (QED) is 0.203. The van der Waals surface area contributed by atoms with Gasteiger partial charge >= 0.3 is 0 Å². The van der Waals surface area contributed by atoms with E-state index in [4.69, 9.17) is 0 Å². The molecule has 230 valence electrons. The fraction of sp³-hybridized carbons (Fsp3) is 0.257. The molecule has 0 heterocycles. The van der Waals surface area contributed by atoms with E-state index < -0.39 is 34.3 Å². The van der Waals surface area contributed by atoms with E-state index in [0.717, 1.165) is 33.1 Å². The first-order valence-electron chi connectivity index (χ1n) is 14.6. The van der Waals surface area contributed by atoms with Crippen LogP contribution in [-0.2, 0) is 32.6 Å². The van der Waals surface area contributed by atoms with Crippen LogP contribution in [0.25, 0.3) is 0 Å². The van der Waals surface area contributed by atoms with Crippen molar-refractivity contribution in [1.29, 1.82) is 0 Å². The highest BCUT2D eigenvalue weighted by Crippen LogP contribution is 2.26. The molecule has 0 bridgehead atoms. The second-order valence-electron chi connectivity index (χ2n) is 10.8. The molecule has 44 heavy (non-hydrogen) atoms. The summed E-state index contributed by atoms with van der Waals surface area (Å²) in [6.07, 6.45) is 0.935. The number of sulfonamides is 1. The molecule has 2 atom stereocenters. The van der Waals surface area contributed by atoms with Gasteiger partial charge in [0.25, 0.3) is 10.0 Å². The van der Waals surface area contributed by atoms with Crippen LogP contribution in [0.1, 0.15) is 37.0 Å². The van der Waals surface area contributed by atoms with E-state index in [2.05, 4.69) is 5.32 Å². The molecule has 0 unspecified atom stereocenters. The van der Waals surface area contributed by atoms with Crippen LogP contribution in [0.15, 0.2) is 114 Å². The molecule has 0 aliphatic heterocycles. The number of carbonyl (C=O) groups excluding carboxylic acids is 2. The first kappa shape index (κ1) is 32.4. The number of carbonyl (C=O) groups is 2. The van der Waals surface area contributed by atoms with Crippen molar-refractivity contribution < 1.29 is 22.4 Å². The average molecular weight is 616 g/mol. The summed E-state index contributed by atoms with van der Waals surface area (Å²) in [4.78, 5) is 29.5. The predicted molar refractivity (Wildman–Crippen MR) is 171 cm³/mol. The highest BCUT2D eigenvalue weighted by atomic mass is 32.2. The van der Waals surface area contributed by atoms with Crippen molar-refractivity contribution in [2.45, 2.75) is 57.1 Å². The lowest BCUT2D eigenvalue weighted by atomic mass is 10.0. The van der Waals surface area contributed by atoms with Gasteiger partial charge in [0.15, 0.2) is 0 Å². The maximum Gasteiger partial charge on any atom is 0.264 e. The fourth-order valence-corrected chi connectivity index (χ4v) is 6.16. The summed E-state index contributed by atoms with van der Waals surface area (Å²) in [7, 11) is -4.29. The molecule has 4 aromatic carbocycles. The molecule has 0 radical (unpaired) electrons. The second-order valence-corrected chi connectivity index (χ2v) is 12.7. The number of nitrogens with zero attached hydrogens (tertiary/aromatic N) is 2. The Morgan fingerprint density at radius 1 is 0.818 bits per heavy atom. The molecule has 4 rings (SSSR count). The van der Waals surface area contributed by atoms with Crippen molar-refractivity contribution in [3.8, 4) is 0 Å². The molecule has 4 aromatic rings. The van der Waals surface area contributed by atoms with Gasteiger partial charge in [-0.1, -0.05) is 85.3 Å². The van der Waals surface area contributed by atoms with Crippen molar-refractivity contribution in [3.05, 3.63) is 132 Å². The van der Waals surface area contributed by atoms with E-state index in [1.807, 2.05) is 81.4 Å². The van der Waals surface area contributed by atoms with Gasteiger partial charge < -0.3 is 10.2 Å². The van der Waals surface area contributed by atoms with E-state index in [9.17, 15) is 22.4 Å². The molecule has 2 amide bonds. The highest BCUT2D eigenvalue weighted by molar-refractivity contribution is 7.92. The molecular formula is C35H38FN3O4S. The number of hydrogen-bond donors (Lipinski definition) is 1. The lowest BCUT2D eigenvalue weighted by Crippen LogP contribution is -2.54. The molecule has 0 saturated carbocycles. The van der Waals surface area contributed by atoms with Crippen LogP contribution in [0.4, 0.5) is 10.1 Å². The number of amides is 2. The van der Waals surface area contributed by atoms with Crippen molar-refractivity contribution in [1.82, 2.24) is 10.2 Å². The van der Waals surface area contributed by atoms with E-state index in [0.29, 0.717) is 6.42 Å². The minimum atomic E-state index is -4.29. The van der Waals surface area contributed by atoms with E-state index in [1.165, 1.54) is 17.0 Å². The lowest BCUT2D eigenvalue weighted by Gasteiger charge is -2.34. The first-order valence-corrected chi connectivity index (χ1v) is 16.0. The van der Waals surface area contributed by atoms with Crippen molar-refractivity contribution in [2.75, 3.05) is 10.8 Å². The molecule has 0 aliphatic carbocycles. The molecule has 1 N–H and O–H groups in total. The van der Waals surface area contributed by atoms with Gasteiger partial charge in [-0.15, -0.1) is 0 Å². The standard InChI is InChI=1S/C35H38FN3O4S/c1-4-27(3)37-35(41)33(23-28-11-7-5-8-12-28)38(24-29-13-9-6-10-14-29)34(40)25-39(31-19-15-26(2)16-20-31)44(42,43)32-21-17-30(36)18-22-32/h5-22,27,33H,4,23-25H2,1-3H3,(H,37,41)/t27-,33-/m0/s1. The number of benzene rings is 4. The summed E-state index contributed by atoms with van der Waals surface area (Å²) < 4.78 is 42.7. The van der Waals surface area contributed by atoms with Gasteiger partial charge in [0.1, 0.15) is 18.4 Å². The lowest BCUT2D eigenvalue weighted by molar-refractivity contribution is -0.140. The van der Waals surface area contributed by atoms with Gasteiger partial charge in [0.05, 0.1) is 10.6 Å². The van der Waals surface area contributed by atoms with Gasteiger partial charge in [-0.2, -0.15) is 0 Å². The minimum absolute atomic E-state index is 0.0867. The Morgan fingerprint density at radius 3 is 1.95 bits per heavy atom. The van der Waals surface area contributed by atoms with Gasteiger partial charge in [0.2, 0.25) is 11.8 Å². The third-order valence-corrected chi connectivity index (χ3v) is 9.26. The Bertz CT molecular complexity index is 1630. The molecule has 0 spiro atoms. The van der Waals surface area contributed by atoms with Crippen LogP contribution in [0, 0.1) is 12.7 Å². The molecule has 0 aliphatic rings. The minimum Gasteiger partial charge on any atom is -0.352 e. The van der Waals surface area contributed by atoms with Gasteiger partial charge in [-0.3, -0.25) is 13.9 Å². The number of aryl methyl sites for hydroxylation is 1. The predicted octanol–water partition coefficient (Wildman–Crippen LogP) is 5.88. The van der Waals surface area contributed by atoms with Crippen LogP contribution >= 0.6 is 0 Å². The van der Waals surface area contributed by atoms with Crippen LogP contribution in [0.2, 0.25) is 0 Å². The van der Waals surface area contributed by atoms with Crippen molar-refractivity contribution >= 4 is 27.5 Å². The van der Waals surface area contributed by atoms with Crippen LogP contribution < -0.4 is 9.62 Å². The summed E-state index contributed by atoms with van der Waals surface area (Å²) in [6.45, 7) is 5.25. The first-order chi connectivity index (χ1) is 21.1. The normalized spacial score (nSPS) is 12.6. The monoisotopic (exact) mass is 615 g/mol. The summed E-state index contributed by atoms with van der Waals surface area (Å²) in [5.41, 5.74) is 2.83. The number of nitrogens with one attached hydrogen (secondary N) is 1. The van der Waals surface area contributed by atoms with Crippen LogP contribution in [-0.4, -0.2) is 43.8 Å². The number of halogens is 1. The Kier molecular flexibility index (Phi) is 10.9. The van der Waals surface area contributed by atoms with Gasteiger partial charge in [-0.25, -0.2) is 12.8 Å². The molecule has 9 heteroatoms. The molecular weight excluding hydrogens is 577 g/mol. The number of hydrogen-bond acceptors (Lipinski definition) is 4. The highest BCUT2D eigenvalue weighted by Gasteiger charge is 2.35. The fourth-order valence-electron chi connectivity index (χ4n) is 4.75. The largest absolute Gasteiger partial charge is 0.352 e. The number of rotatable bonds is 13. The summed E-state index contributed by atoms with van der Waals surface area (Å²) in [6, 6.07) is 28.9. The average Bonchev–Trinajstić information content (AvgIpc) is 3.03. The van der Waals surface area contributed by atoms with Crippen molar-refractivity contribution in [2.24, 2.45) is 0 Å². The molecule has 0 aromatic heterocycles. The maximum atomic E-state index is 14.4. The molecule has 7 nitrogen and oxygen atoms in total. The second kappa shape index (κ2) is 14.8. The third-order valence-electron chi connectivity index (χ3n) is 7.47. The zero-order valence-corrected chi connectivity index (χ0v) is 26.0. The smallest absolute Gasteiger partial charge is 0.264 e. The Morgan fingerprint density at radius 2 is 1.39 bits per heavy atom. The van der Waals surface area contributed by atoms with Crippen LogP contribution in [0.5, 0.6) is 0 Å². The molecule has 0 fully saturated rings. The topological polar surface area (TPSA) is 86.8 Å². The molecule has 0 saturated heterocycles. The zero-order chi connectivity index (χ0) is 31.7. The maximum absolute atomic E-state index is 14.4. The summed E-state index contributed by atoms with van der Waals surface area (Å²) in [5, 5.41) is 3.02. The summed E-state index contributed by atoms with van der Waals surface area (Å²) >= 11 is 0. The van der Waals surface area contributed by atoms with Gasteiger partial charge in [-0.05, 0) is 67.8 Å². The van der Waals surface area contributed by atoms with Crippen LogP contribution in [0.3, 0.4) is 0 Å². The van der Waals surface area contributed by atoms with E-state index >= 15 is 0 Å². The van der Waals surface area contributed by atoms with Gasteiger partial charge in [0, 0.05) is 19.0 Å².